The summed E-state index contributed by atoms with van der Waals surface area (Å²) >= 11 is 0. The number of carbonyl (C=O) groups is 1. The summed E-state index contributed by atoms with van der Waals surface area (Å²) in [6, 6.07) is 24.3. The second-order valence-corrected chi connectivity index (χ2v) is 7.09. The van der Waals surface area contributed by atoms with Crippen LogP contribution in [-0.4, -0.2) is 38.5 Å². The smallest absolute Gasteiger partial charge is 0.259 e. The third-order valence-corrected chi connectivity index (χ3v) is 5.16. The van der Waals surface area contributed by atoms with E-state index in [2.05, 4.69) is 4.99 Å². The highest BCUT2D eigenvalue weighted by atomic mass is 16.5. The Hall–Kier alpha value is -3.64. The number of hydrogen-bond acceptors (Lipinski definition) is 5. The second kappa shape index (κ2) is 9.45. The molecule has 1 heterocycles. The molecule has 0 spiro atoms. The Balaban J connectivity index is 1.54. The van der Waals surface area contributed by atoms with Crippen molar-refractivity contribution in [2.24, 2.45) is 4.99 Å². The minimum absolute atomic E-state index is 0.0905. The third kappa shape index (κ3) is 4.59. The first kappa shape index (κ1) is 20.6. The molecule has 1 amide bonds. The standard InChI is InChI=1S/C25H24N2O4/c1-29-21-12-8-19(9-13-21)26-16-23-24(31-17-18-6-4-3-5-7-18)25(28)27(23)20-10-14-22(30-2)15-11-20/h3-16,23-24H,17H2,1-2H3/t23-,24+/m1/s1. The lowest BCUT2D eigenvalue weighted by molar-refractivity contribution is -0.140. The van der Waals surface area contributed by atoms with Crippen LogP contribution in [0.25, 0.3) is 0 Å². The van der Waals surface area contributed by atoms with E-state index < -0.39 is 6.10 Å². The molecule has 0 aliphatic carbocycles. The number of hydrogen-bond donors (Lipinski definition) is 0. The maximum Gasteiger partial charge on any atom is 0.259 e. The minimum atomic E-state index is -0.593. The van der Waals surface area contributed by atoms with Crippen molar-refractivity contribution in [3.05, 3.63) is 84.4 Å². The van der Waals surface area contributed by atoms with E-state index in [1.54, 1.807) is 25.3 Å². The number of aliphatic imine (C=N–C) groups is 1. The van der Waals surface area contributed by atoms with E-state index >= 15 is 0 Å². The molecule has 0 aromatic heterocycles. The summed E-state index contributed by atoms with van der Waals surface area (Å²) in [6.07, 6.45) is 1.17. The van der Waals surface area contributed by atoms with Crippen molar-refractivity contribution in [2.45, 2.75) is 18.8 Å². The molecule has 0 radical (unpaired) electrons. The van der Waals surface area contributed by atoms with Gasteiger partial charge in [-0.3, -0.25) is 14.7 Å². The van der Waals surface area contributed by atoms with Gasteiger partial charge >= 0.3 is 0 Å². The van der Waals surface area contributed by atoms with E-state index in [4.69, 9.17) is 14.2 Å². The van der Waals surface area contributed by atoms with Gasteiger partial charge in [0, 0.05) is 11.9 Å². The fourth-order valence-electron chi connectivity index (χ4n) is 3.43. The van der Waals surface area contributed by atoms with Gasteiger partial charge in [-0.25, -0.2) is 0 Å². The molecular weight excluding hydrogens is 392 g/mol. The topological polar surface area (TPSA) is 60.4 Å². The Labute approximate surface area is 181 Å². The second-order valence-electron chi connectivity index (χ2n) is 7.09. The highest BCUT2D eigenvalue weighted by Crippen LogP contribution is 2.32. The maximum atomic E-state index is 12.9. The van der Waals surface area contributed by atoms with Gasteiger partial charge in [-0.15, -0.1) is 0 Å². The monoisotopic (exact) mass is 416 g/mol. The summed E-state index contributed by atoms with van der Waals surface area (Å²) in [4.78, 5) is 19.2. The van der Waals surface area contributed by atoms with Gasteiger partial charge in [0.25, 0.3) is 5.91 Å². The Kier molecular flexibility index (Phi) is 6.29. The zero-order valence-corrected chi connectivity index (χ0v) is 17.5. The summed E-state index contributed by atoms with van der Waals surface area (Å²) < 4.78 is 16.4. The lowest BCUT2D eigenvalue weighted by atomic mass is 9.97. The number of methoxy groups -OCH3 is 2. The molecular formula is C25H24N2O4. The van der Waals surface area contributed by atoms with Crippen LogP contribution in [0.2, 0.25) is 0 Å². The molecule has 1 aliphatic rings. The summed E-state index contributed by atoms with van der Waals surface area (Å²) in [5.74, 6) is 1.41. The number of rotatable bonds is 8. The van der Waals surface area contributed by atoms with Crippen LogP contribution < -0.4 is 14.4 Å². The average Bonchev–Trinajstić information content (AvgIpc) is 2.83. The van der Waals surface area contributed by atoms with Gasteiger partial charge in [0.1, 0.15) is 17.5 Å². The van der Waals surface area contributed by atoms with Crippen LogP contribution in [0.5, 0.6) is 11.5 Å². The maximum absolute atomic E-state index is 12.9. The molecule has 2 atom stereocenters. The molecule has 158 valence electrons. The summed E-state index contributed by atoms with van der Waals surface area (Å²) in [7, 11) is 3.24. The molecule has 3 aromatic rings. The number of ether oxygens (including phenoxy) is 3. The van der Waals surface area contributed by atoms with E-state index in [1.807, 2.05) is 78.9 Å². The van der Waals surface area contributed by atoms with Crippen molar-refractivity contribution in [3.8, 4) is 11.5 Å². The van der Waals surface area contributed by atoms with E-state index in [0.717, 1.165) is 28.4 Å². The number of benzene rings is 3. The minimum Gasteiger partial charge on any atom is -0.497 e. The lowest BCUT2D eigenvalue weighted by Crippen LogP contribution is -2.66. The molecule has 6 nitrogen and oxygen atoms in total. The van der Waals surface area contributed by atoms with Gasteiger partial charge in [-0.05, 0) is 54.1 Å². The first-order valence-corrected chi connectivity index (χ1v) is 10.0. The molecule has 1 saturated heterocycles. The number of amides is 1. The zero-order valence-electron chi connectivity index (χ0n) is 17.5. The molecule has 0 bridgehead atoms. The molecule has 0 unspecified atom stereocenters. The summed E-state index contributed by atoms with van der Waals surface area (Å²) in [5.41, 5.74) is 2.57. The number of β-lactam (4-membered cyclic amide) rings is 1. The highest BCUT2D eigenvalue weighted by molar-refractivity contribution is 6.10. The van der Waals surface area contributed by atoms with Gasteiger partial charge in [-0.2, -0.15) is 0 Å². The van der Waals surface area contributed by atoms with Gasteiger partial charge in [0.15, 0.2) is 6.10 Å². The Morgan fingerprint density at radius 3 is 2.10 bits per heavy atom. The van der Waals surface area contributed by atoms with Crippen LogP contribution in [-0.2, 0) is 16.1 Å². The van der Waals surface area contributed by atoms with E-state index in [9.17, 15) is 4.79 Å². The van der Waals surface area contributed by atoms with Crippen molar-refractivity contribution in [1.82, 2.24) is 0 Å². The van der Waals surface area contributed by atoms with Gasteiger partial charge < -0.3 is 14.2 Å². The fourth-order valence-corrected chi connectivity index (χ4v) is 3.43. The van der Waals surface area contributed by atoms with Crippen molar-refractivity contribution >= 4 is 23.5 Å². The Morgan fingerprint density at radius 2 is 1.48 bits per heavy atom. The van der Waals surface area contributed by atoms with Crippen molar-refractivity contribution in [1.29, 1.82) is 0 Å². The molecule has 4 rings (SSSR count). The first-order valence-electron chi connectivity index (χ1n) is 10.0. The van der Waals surface area contributed by atoms with Crippen molar-refractivity contribution < 1.29 is 19.0 Å². The third-order valence-electron chi connectivity index (χ3n) is 5.16. The first-order chi connectivity index (χ1) is 15.2. The molecule has 6 heteroatoms. The molecule has 1 aliphatic heterocycles. The van der Waals surface area contributed by atoms with Crippen LogP contribution in [0.1, 0.15) is 5.56 Å². The van der Waals surface area contributed by atoms with Crippen LogP contribution in [0.15, 0.2) is 83.9 Å². The van der Waals surface area contributed by atoms with Crippen molar-refractivity contribution in [2.75, 3.05) is 19.1 Å². The van der Waals surface area contributed by atoms with Crippen molar-refractivity contribution in [3.63, 3.8) is 0 Å². The summed E-state index contributed by atoms with van der Waals surface area (Å²) in [6.45, 7) is 0.362. The number of anilines is 1. The van der Waals surface area contributed by atoms with E-state index in [1.165, 1.54) is 0 Å². The van der Waals surface area contributed by atoms with E-state index in [-0.39, 0.29) is 11.9 Å². The summed E-state index contributed by atoms with van der Waals surface area (Å²) in [5, 5.41) is 0. The molecule has 0 N–H and O–H groups in total. The zero-order chi connectivity index (χ0) is 21.6. The molecule has 1 fully saturated rings. The highest BCUT2D eigenvalue weighted by Gasteiger charge is 2.48. The SMILES string of the molecule is COc1ccc(N=C[C@@H]2[C@H](OCc3ccccc3)C(=O)N2c2ccc(OC)cc2)cc1. The Morgan fingerprint density at radius 1 is 0.871 bits per heavy atom. The van der Waals surface area contributed by atoms with Gasteiger partial charge in [0.2, 0.25) is 0 Å². The quantitative estimate of drug-likeness (QED) is 0.403. The molecule has 0 saturated carbocycles. The predicted molar refractivity (Wildman–Crippen MR) is 120 cm³/mol. The van der Waals surface area contributed by atoms with Crippen LogP contribution in [0.3, 0.4) is 0 Å². The number of carbonyl (C=O) groups excluding carboxylic acids is 1. The fraction of sp³-hybridized carbons (Fsp3) is 0.200. The van der Waals surface area contributed by atoms with Gasteiger partial charge in [0.05, 0.1) is 26.5 Å². The lowest BCUT2D eigenvalue weighted by Gasteiger charge is -2.44. The molecule has 31 heavy (non-hydrogen) atoms. The van der Waals surface area contributed by atoms with E-state index in [0.29, 0.717) is 6.61 Å². The number of nitrogens with zero attached hydrogens (tertiary/aromatic N) is 2. The molecule has 3 aromatic carbocycles. The Bertz CT molecular complexity index is 1030. The normalized spacial score (nSPS) is 18.1. The predicted octanol–water partition coefficient (Wildman–Crippen LogP) is 4.41. The average molecular weight is 416 g/mol. The van der Waals surface area contributed by atoms with Gasteiger partial charge in [-0.1, -0.05) is 30.3 Å². The van der Waals surface area contributed by atoms with Crippen LogP contribution >= 0.6 is 0 Å². The largest absolute Gasteiger partial charge is 0.497 e. The van der Waals surface area contributed by atoms with Crippen LogP contribution in [0.4, 0.5) is 11.4 Å². The van der Waals surface area contributed by atoms with Crippen LogP contribution in [0, 0.1) is 0 Å².